The molecular weight excluding hydrogens is 428 g/mol. The number of morpholine rings is 1. The predicted molar refractivity (Wildman–Crippen MR) is 138 cm³/mol. The van der Waals surface area contributed by atoms with E-state index in [1.807, 2.05) is 26.2 Å². The van der Waals surface area contributed by atoms with Crippen LogP contribution in [-0.2, 0) is 11.2 Å². The molecule has 2 heterocycles. The third-order valence-electron chi connectivity index (χ3n) is 6.95. The van der Waals surface area contributed by atoms with E-state index < -0.39 is 5.54 Å². The van der Waals surface area contributed by atoms with Crippen molar-refractivity contribution < 1.29 is 9.53 Å². The third-order valence-corrected chi connectivity index (χ3v) is 7.99. The highest BCUT2D eigenvalue weighted by molar-refractivity contribution is 7.12. The van der Waals surface area contributed by atoms with Crippen molar-refractivity contribution >= 4 is 22.8 Å². The van der Waals surface area contributed by atoms with Gasteiger partial charge in [-0.15, -0.1) is 11.3 Å². The Hall–Kier alpha value is -2.47. The number of carbonyl (C=O) groups excluding carboxylic acids is 1. The van der Waals surface area contributed by atoms with Crippen molar-refractivity contribution in [1.82, 2.24) is 4.90 Å². The van der Waals surface area contributed by atoms with Crippen LogP contribution in [0.15, 0.2) is 66.0 Å². The van der Waals surface area contributed by atoms with Crippen molar-refractivity contribution in [3.8, 4) is 0 Å². The first-order valence-corrected chi connectivity index (χ1v) is 12.5. The van der Waals surface area contributed by atoms with Crippen LogP contribution in [0, 0.1) is 6.92 Å². The maximum Gasteiger partial charge on any atom is 0.193 e. The van der Waals surface area contributed by atoms with Gasteiger partial charge < -0.3 is 9.64 Å². The molecule has 2 unspecified atom stereocenters. The monoisotopic (exact) mass is 462 g/mol. The Morgan fingerprint density at radius 2 is 1.76 bits per heavy atom. The molecule has 4 rings (SSSR count). The van der Waals surface area contributed by atoms with Crippen LogP contribution in [-0.4, -0.2) is 56.6 Å². The molecule has 1 saturated heterocycles. The van der Waals surface area contributed by atoms with Gasteiger partial charge in [0.2, 0.25) is 0 Å². The first-order chi connectivity index (χ1) is 15.9. The number of likely N-dealkylation sites (N-methyl/N-ethyl adjacent to an activating group) is 1. The van der Waals surface area contributed by atoms with Crippen LogP contribution < -0.4 is 4.90 Å². The molecule has 2 aromatic carbocycles. The van der Waals surface area contributed by atoms with Crippen LogP contribution in [0.5, 0.6) is 0 Å². The van der Waals surface area contributed by atoms with Crippen LogP contribution >= 0.6 is 11.3 Å². The lowest BCUT2D eigenvalue weighted by Crippen LogP contribution is -2.56. The fraction of sp³-hybridized carbons (Fsp3) is 0.393. The van der Waals surface area contributed by atoms with Crippen molar-refractivity contribution in [2.24, 2.45) is 0 Å². The summed E-state index contributed by atoms with van der Waals surface area (Å²) >= 11 is 1.55. The zero-order valence-corrected chi connectivity index (χ0v) is 20.9. The molecule has 0 radical (unpaired) electrons. The third kappa shape index (κ3) is 4.91. The van der Waals surface area contributed by atoms with Gasteiger partial charge in [-0.1, -0.05) is 49.4 Å². The molecule has 0 saturated carbocycles. The molecule has 1 fully saturated rings. The van der Waals surface area contributed by atoms with Gasteiger partial charge in [0.15, 0.2) is 5.78 Å². The van der Waals surface area contributed by atoms with Crippen LogP contribution in [0.25, 0.3) is 0 Å². The number of rotatable bonds is 8. The summed E-state index contributed by atoms with van der Waals surface area (Å²) in [6.07, 6.45) is 0.656. The summed E-state index contributed by atoms with van der Waals surface area (Å²) in [5.41, 5.74) is 4.01. The molecule has 0 spiro atoms. The van der Waals surface area contributed by atoms with Gasteiger partial charge in [-0.2, -0.15) is 0 Å². The van der Waals surface area contributed by atoms with Gasteiger partial charge in [-0.25, -0.2) is 0 Å². The standard InChI is InChI=1S/C28H34N2O2S/c1-21-18-26(33-20-21)27(31)28(29(3)4,19-23-8-6-5-7-9-23)22(2)24-10-12-25(13-11-24)30-14-16-32-17-15-30/h5-13,18,20,22H,14-17,19H2,1-4H3. The summed E-state index contributed by atoms with van der Waals surface area (Å²) in [4.78, 5) is 19.5. The number of Topliss-reactive ketones (excluding diaryl/α,β-unsaturated/α-hetero) is 1. The summed E-state index contributed by atoms with van der Waals surface area (Å²) in [6, 6.07) is 21.2. The van der Waals surface area contributed by atoms with E-state index in [1.165, 1.54) is 16.8 Å². The number of hydrogen-bond donors (Lipinski definition) is 0. The molecule has 174 valence electrons. The fourth-order valence-corrected chi connectivity index (χ4v) is 5.84. The number of thiophene rings is 1. The molecule has 5 heteroatoms. The van der Waals surface area contributed by atoms with Crippen molar-refractivity contribution in [2.45, 2.75) is 31.7 Å². The molecule has 0 aliphatic carbocycles. The van der Waals surface area contributed by atoms with Crippen molar-refractivity contribution in [1.29, 1.82) is 0 Å². The van der Waals surface area contributed by atoms with E-state index in [2.05, 4.69) is 77.6 Å². The summed E-state index contributed by atoms with van der Waals surface area (Å²) in [6.45, 7) is 7.63. The molecule has 0 amide bonds. The minimum Gasteiger partial charge on any atom is -0.378 e. The second-order valence-corrected chi connectivity index (χ2v) is 10.1. The number of anilines is 1. The Labute approximate surface area is 201 Å². The summed E-state index contributed by atoms with van der Waals surface area (Å²) in [7, 11) is 4.08. The maximum atomic E-state index is 14.2. The number of hydrogen-bond acceptors (Lipinski definition) is 5. The first-order valence-electron chi connectivity index (χ1n) is 11.7. The zero-order valence-electron chi connectivity index (χ0n) is 20.1. The molecule has 33 heavy (non-hydrogen) atoms. The van der Waals surface area contributed by atoms with Gasteiger partial charge in [0, 0.05) is 24.7 Å². The Kier molecular flexibility index (Phi) is 7.32. The molecule has 0 N–H and O–H groups in total. The second kappa shape index (κ2) is 10.2. The van der Waals surface area contributed by atoms with E-state index in [9.17, 15) is 4.79 Å². The molecule has 1 aliphatic heterocycles. The van der Waals surface area contributed by atoms with Crippen LogP contribution in [0.4, 0.5) is 5.69 Å². The summed E-state index contributed by atoms with van der Waals surface area (Å²) < 4.78 is 5.50. The van der Waals surface area contributed by atoms with Gasteiger partial charge in [-0.3, -0.25) is 9.69 Å². The SMILES string of the molecule is Cc1csc(C(=O)C(Cc2ccccc2)(C(C)c2ccc(N3CCOCC3)cc2)N(C)C)c1. The normalized spacial score (nSPS) is 17.1. The molecule has 1 aromatic heterocycles. The lowest BCUT2D eigenvalue weighted by molar-refractivity contribution is 0.0618. The molecule has 1 aliphatic rings. The van der Waals surface area contributed by atoms with Crippen molar-refractivity contribution in [3.63, 3.8) is 0 Å². The Balaban J connectivity index is 1.73. The fourth-order valence-electron chi connectivity index (χ4n) is 4.92. The van der Waals surface area contributed by atoms with Crippen molar-refractivity contribution in [2.75, 3.05) is 45.3 Å². The second-order valence-electron chi connectivity index (χ2n) is 9.21. The van der Waals surface area contributed by atoms with E-state index in [4.69, 9.17) is 4.74 Å². The topological polar surface area (TPSA) is 32.8 Å². The van der Waals surface area contributed by atoms with E-state index in [0.29, 0.717) is 6.42 Å². The highest BCUT2D eigenvalue weighted by Gasteiger charge is 2.47. The molecular formula is C28H34N2O2S. The lowest BCUT2D eigenvalue weighted by Gasteiger charge is -2.43. The van der Waals surface area contributed by atoms with E-state index >= 15 is 0 Å². The van der Waals surface area contributed by atoms with Gasteiger partial charge in [-0.05, 0) is 67.7 Å². The smallest absolute Gasteiger partial charge is 0.193 e. The minimum atomic E-state index is -0.695. The molecule has 3 aromatic rings. The molecule has 2 atom stereocenters. The largest absolute Gasteiger partial charge is 0.378 e. The molecule has 4 nitrogen and oxygen atoms in total. The lowest BCUT2D eigenvalue weighted by atomic mass is 9.72. The van der Waals surface area contributed by atoms with Gasteiger partial charge in [0.05, 0.1) is 23.6 Å². The highest BCUT2D eigenvalue weighted by Crippen LogP contribution is 2.39. The zero-order chi connectivity index (χ0) is 23.4. The van der Waals surface area contributed by atoms with E-state index in [1.54, 1.807) is 11.3 Å². The first kappa shape index (κ1) is 23.7. The summed E-state index contributed by atoms with van der Waals surface area (Å²) in [5.74, 6) is 0.195. The predicted octanol–water partition coefficient (Wildman–Crippen LogP) is 5.42. The number of aryl methyl sites for hydroxylation is 1. The van der Waals surface area contributed by atoms with Crippen LogP contribution in [0.3, 0.4) is 0 Å². The van der Waals surface area contributed by atoms with E-state index in [0.717, 1.165) is 36.7 Å². The quantitative estimate of drug-likeness (QED) is 0.418. The number of ketones is 1. The minimum absolute atomic E-state index is 0.00125. The Bertz CT molecular complexity index is 1060. The summed E-state index contributed by atoms with van der Waals surface area (Å²) in [5, 5.41) is 2.07. The average molecular weight is 463 g/mol. The number of ether oxygens (including phenoxy) is 1. The highest BCUT2D eigenvalue weighted by atomic mass is 32.1. The average Bonchev–Trinajstić information content (AvgIpc) is 3.29. The Morgan fingerprint density at radius 1 is 1.09 bits per heavy atom. The van der Waals surface area contributed by atoms with E-state index in [-0.39, 0.29) is 11.7 Å². The van der Waals surface area contributed by atoms with Gasteiger partial charge in [0.1, 0.15) is 0 Å². The molecule has 0 bridgehead atoms. The maximum absolute atomic E-state index is 14.2. The number of benzene rings is 2. The van der Waals surface area contributed by atoms with Gasteiger partial charge in [0.25, 0.3) is 0 Å². The number of nitrogens with zero attached hydrogens (tertiary/aromatic N) is 2. The number of carbonyl (C=O) groups is 1. The van der Waals surface area contributed by atoms with Gasteiger partial charge >= 0.3 is 0 Å². The van der Waals surface area contributed by atoms with Crippen LogP contribution in [0.2, 0.25) is 0 Å². The van der Waals surface area contributed by atoms with Crippen molar-refractivity contribution in [3.05, 3.63) is 87.6 Å². The Morgan fingerprint density at radius 3 is 2.33 bits per heavy atom. The van der Waals surface area contributed by atoms with Crippen LogP contribution in [0.1, 0.15) is 39.2 Å².